The standard InChI is InChI=1S/C21H20N2O4/c1-4-12-26-18-9-6-16(7-10-18)15-22-23-21(24)17-8-11-19(27-13-5-2)20(14-17)25-3/h1,5-11,14-15H,2,12-13H2,3H3,(H,23,24)/b22-15+. The normalized spacial score (nSPS) is 10.1. The lowest BCUT2D eigenvalue weighted by atomic mass is 10.2. The van der Waals surface area contributed by atoms with Crippen LogP contribution in [0.3, 0.4) is 0 Å². The van der Waals surface area contributed by atoms with Crippen LogP contribution in [0.4, 0.5) is 0 Å². The number of hydrazone groups is 1. The number of ether oxygens (including phenoxy) is 3. The molecule has 6 nitrogen and oxygen atoms in total. The zero-order valence-electron chi connectivity index (χ0n) is 15.0. The van der Waals surface area contributed by atoms with E-state index in [9.17, 15) is 4.79 Å². The molecule has 0 saturated carbocycles. The van der Waals surface area contributed by atoms with E-state index in [0.29, 0.717) is 29.4 Å². The van der Waals surface area contributed by atoms with E-state index in [1.807, 2.05) is 0 Å². The van der Waals surface area contributed by atoms with Gasteiger partial charge in [-0.3, -0.25) is 4.79 Å². The molecule has 0 aliphatic heterocycles. The summed E-state index contributed by atoms with van der Waals surface area (Å²) in [5.41, 5.74) is 3.67. The molecule has 1 amide bonds. The Bertz CT molecular complexity index is 851. The van der Waals surface area contributed by atoms with Crippen molar-refractivity contribution in [2.45, 2.75) is 0 Å². The Morgan fingerprint density at radius 2 is 2.00 bits per heavy atom. The zero-order chi connectivity index (χ0) is 19.5. The molecular formula is C21H20N2O4. The zero-order valence-corrected chi connectivity index (χ0v) is 15.0. The number of rotatable bonds is 9. The van der Waals surface area contributed by atoms with Crippen molar-refractivity contribution in [2.75, 3.05) is 20.3 Å². The van der Waals surface area contributed by atoms with E-state index in [4.69, 9.17) is 20.6 Å². The van der Waals surface area contributed by atoms with Gasteiger partial charge in [-0.15, -0.1) is 6.42 Å². The lowest BCUT2D eigenvalue weighted by Crippen LogP contribution is -2.17. The van der Waals surface area contributed by atoms with Gasteiger partial charge in [0.15, 0.2) is 11.5 Å². The summed E-state index contributed by atoms with van der Waals surface area (Å²) < 4.78 is 16.0. The van der Waals surface area contributed by atoms with Crippen molar-refractivity contribution in [3.05, 3.63) is 66.2 Å². The highest BCUT2D eigenvalue weighted by Crippen LogP contribution is 2.28. The van der Waals surface area contributed by atoms with Crippen molar-refractivity contribution < 1.29 is 19.0 Å². The van der Waals surface area contributed by atoms with Crippen LogP contribution in [0.25, 0.3) is 0 Å². The first kappa shape index (κ1) is 19.6. The fourth-order valence-electron chi connectivity index (χ4n) is 2.08. The fraction of sp³-hybridized carbons (Fsp3) is 0.143. The van der Waals surface area contributed by atoms with Crippen molar-refractivity contribution in [1.82, 2.24) is 5.43 Å². The first-order valence-corrected chi connectivity index (χ1v) is 8.09. The molecule has 0 saturated heterocycles. The Morgan fingerprint density at radius 3 is 2.67 bits per heavy atom. The fourth-order valence-corrected chi connectivity index (χ4v) is 2.08. The third-order valence-electron chi connectivity index (χ3n) is 3.36. The van der Waals surface area contributed by atoms with Crippen LogP contribution >= 0.6 is 0 Å². The summed E-state index contributed by atoms with van der Waals surface area (Å²) in [5, 5.41) is 3.95. The molecule has 2 aromatic carbocycles. The SMILES string of the molecule is C#CCOc1ccc(/C=N/NC(=O)c2ccc(OCC=C)c(OC)c2)cc1. The molecule has 0 bridgehead atoms. The molecular weight excluding hydrogens is 344 g/mol. The number of amides is 1. The molecule has 0 heterocycles. The Morgan fingerprint density at radius 1 is 1.22 bits per heavy atom. The van der Waals surface area contributed by atoms with Gasteiger partial charge in [0.2, 0.25) is 0 Å². The van der Waals surface area contributed by atoms with Gasteiger partial charge in [-0.1, -0.05) is 18.6 Å². The van der Waals surface area contributed by atoms with Gasteiger partial charge in [0.1, 0.15) is 19.0 Å². The number of benzene rings is 2. The molecule has 0 aromatic heterocycles. The predicted molar refractivity (Wildman–Crippen MR) is 105 cm³/mol. The van der Waals surface area contributed by atoms with Crippen LogP contribution in [0.1, 0.15) is 15.9 Å². The lowest BCUT2D eigenvalue weighted by molar-refractivity contribution is 0.0954. The van der Waals surface area contributed by atoms with Crippen molar-refractivity contribution in [1.29, 1.82) is 0 Å². The number of terminal acetylenes is 1. The van der Waals surface area contributed by atoms with E-state index < -0.39 is 0 Å². The van der Waals surface area contributed by atoms with Crippen LogP contribution in [-0.4, -0.2) is 32.4 Å². The second-order valence-electron chi connectivity index (χ2n) is 5.23. The van der Waals surface area contributed by atoms with E-state index in [0.717, 1.165) is 5.56 Å². The van der Waals surface area contributed by atoms with Gasteiger partial charge in [-0.05, 0) is 48.0 Å². The maximum atomic E-state index is 12.2. The lowest BCUT2D eigenvalue weighted by Gasteiger charge is -2.10. The molecule has 0 spiro atoms. The number of carbonyl (C=O) groups excluding carboxylic acids is 1. The van der Waals surface area contributed by atoms with E-state index in [1.54, 1.807) is 48.5 Å². The van der Waals surface area contributed by atoms with Gasteiger partial charge in [-0.2, -0.15) is 5.10 Å². The number of hydrogen-bond donors (Lipinski definition) is 1. The van der Waals surface area contributed by atoms with Gasteiger partial charge in [0, 0.05) is 5.56 Å². The highest BCUT2D eigenvalue weighted by atomic mass is 16.5. The highest BCUT2D eigenvalue weighted by Gasteiger charge is 2.10. The molecule has 27 heavy (non-hydrogen) atoms. The van der Waals surface area contributed by atoms with Gasteiger partial charge in [0.25, 0.3) is 5.91 Å². The summed E-state index contributed by atoms with van der Waals surface area (Å²) in [5.74, 6) is 3.68. The van der Waals surface area contributed by atoms with E-state index in [-0.39, 0.29) is 12.5 Å². The summed E-state index contributed by atoms with van der Waals surface area (Å²) >= 11 is 0. The minimum Gasteiger partial charge on any atom is -0.493 e. The number of nitrogens with one attached hydrogen (secondary N) is 1. The summed E-state index contributed by atoms with van der Waals surface area (Å²) in [6.07, 6.45) is 8.30. The Balaban J connectivity index is 1.97. The average molecular weight is 364 g/mol. The quantitative estimate of drug-likeness (QED) is 0.321. The largest absolute Gasteiger partial charge is 0.493 e. The predicted octanol–water partition coefficient (Wildman–Crippen LogP) is 3.04. The van der Waals surface area contributed by atoms with Gasteiger partial charge in [0.05, 0.1) is 13.3 Å². The third kappa shape index (κ3) is 5.94. The molecule has 0 fully saturated rings. The second-order valence-corrected chi connectivity index (χ2v) is 5.23. The van der Waals surface area contributed by atoms with E-state index in [1.165, 1.54) is 13.3 Å². The molecule has 0 atom stereocenters. The monoisotopic (exact) mass is 364 g/mol. The Kier molecular flexibility index (Phi) is 7.49. The van der Waals surface area contributed by atoms with Crippen LogP contribution in [0, 0.1) is 12.3 Å². The van der Waals surface area contributed by atoms with Crippen molar-refractivity contribution in [3.63, 3.8) is 0 Å². The number of methoxy groups -OCH3 is 1. The highest BCUT2D eigenvalue weighted by molar-refractivity contribution is 5.95. The summed E-state index contributed by atoms with van der Waals surface area (Å²) in [6, 6.07) is 12.0. The van der Waals surface area contributed by atoms with Crippen molar-refractivity contribution >= 4 is 12.1 Å². The van der Waals surface area contributed by atoms with E-state index in [2.05, 4.69) is 23.0 Å². The number of hydrogen-bond acceptors (Lipinski definition) is 5. The maximum absolute atomic E-state index is 12.2. The van der Waals surface area contributed by atoms with E-state index >= 15 is 0 Å². The van der Waals surface area contributed by atoms with Crippen LogP contribution in [0.5, 0.6) is 17.2 Å². The molecule has 0 unspecified atom stereocenters. The topological polar surface area (TPSA) is 69.2 Å². The van der Waals surface area contributed by atoms with Crippen LogP contribution < -0.4 is 19.6 Å². The van der Waals surface area contributed by atoms with Crippen LogP contribution in [0.2, 0.25) is 0 Å². The van der Waals surface area contributed by atoms with Crippen molar-refractivity contribution in [3.8, 4) is 29.6 Å². The molecule has 6 heteroatoms. The summed E-state index contributed by atoms with van der Waals surface area (Å²) in [4.78, 5) is 12.2. The smallest absolute Gasteiger partial charge is 0.271 e. The summed E-state index contributed by atoms with van der Waals surface area (Å²) in [6.45, 7) is 4.15. The average Bonchev–Trinajstić information content (AvgIpc) is 2.71. The molecule has 2 aromatic rings. The van der Waals surface area contributed by atoms with Gasteiger partial charge < -0.3 is 14.2 Å². The molecule has 0 aliphatic carbocycles. The second kappa shape index (κ2) is 10.3. The maximum Gasteiger partial charge on any atom is 0.271 e. The molecule has 138 valence electrons. The van der Waals surface area contributed by atoms with Crippen LogP contribution in [-0.2, 0) is 0 Å². The Hall–Kier alpha value is -3.72. The number of nitrogens with zero attached hydrogens (tertiary/aromatic N) is 1. The third-order valence-corrected chi connectivity index (χ3v) is 3.36. The van der Waals surface area contributed by atoms with Gasteiger partial charge >= 0.3 is 0 Å². The first-order valence-electron chi connectivity index (χ1n) is 8.09. The van der Waals surface area contributed by atoms with Gasteiger partial charge in [-0.25, -0.2) is 5.43 Å². The minimum absolute atomic E-state index is 0.213. The molecule has 0 aliphatic rings. The number of carbonyl (C=O) groups is 1. The van der Waals surface area contributed by atoms with Crippen molar-refractivity contribution in [2.24, 2.45) is 5.10 Å². The molecule has 0 radical (unpaired) electrons. The molecule has 1 N–H and O–H groups in total. The first-order chi connectivity index (χ1) is 13.2. The summed E-state index contributed by atoms with van der Waals surface area (Å²) in [7, 11) is 1.51. The Labute approximate surface area is 158 Å². The molecule has 2 rings (SSSR count). The van der Waals surface area contributed by atoms with Crippen LogP contribution in [0.15, 0.2) is 60.2 Å². The minimum atomic E-state index is -0.367.